The van der Waals surface area contributed by atoms with Crippen LogP contribution >= 0.6 is 11.6 Å². The summed E-state index contributed by atoms with van der Waals surface area (Å²) in [5.41, 5.74) is 0. The lowest BCUT2D eigenvalue weighted by Gasteiger charge is -2.34. The zero-order chi connectivity index (χ0) is 10.8. The number of carbonyl (C=O) groups excluding carboxylic acids is 1. The maximum atomic E-state index is 11.9. The minimum absolute atomic E-state index is 0.101. The number of fused-ring (bicyclic) bond motifs is 1. The first-order valence-electron chi connectivity index (χ1n) is 5.73. The molecule has 0 aromatic rings. The molecule has 2 heterocycles. The number of halogens is 1. The van der Waals surface area contributed by atoms with E-state index < -0.39 is 0 Å². The van der Waals surface area contributed by atoms with Gasteiger partial charge in [-0.05, 0) is 18.8 Å². The zero-order valence-corrected chi connectivity index (χ0v) is 9.87. The van der Waals surface area contributed by atoms with E-state index in [1.807, 2.05) is 11.8 Å². The highest BCUT2D eigenvalue weighted by Gasteiger charge is 2.36. The number of ether oxygens (including phenoxy) is 1. The van der Waals surface area contributed by atoms with Crippen LogP contribution in [0.1, 0.15) is 19.8 Å². The lowest BCUT2D eigenvalue weighted by atomic mass is 9.88. The lowest BCUT2D eigenvalue weighted by Crippen LogP contribution is -2.46. The molecule has 2 saturated heterocycles. The minimum Gasteiger partial charge on any atom is -0.381 e. The second kappa shape index (κ2) is 4.71. The van der Waals surface area contributed by atoms with E-state index >= 15 is 0 Å². The van der Waals surface area contributed by atoms with Crippen LogP contribution in [0, 0.1) is 11.8 Å². The van der Waals surface area contributed by atoms with E-state index in [0.29, 0.717) is 18.3 Å². The molecular weight excluding hydrogens is 214 g/mol. The molecule has 2 fully saturated rings. The summed E-state index contributed by atoms with van der Waals surface area (Å²) in [5, 5.41) is -0.344. The van der Waals surface area contributed by atoms with Gasteiger partial charge in [0, 0.05) is 25.6 Å². The third-order valence-corrected chi connectivity index (χ3v) is 3.99. The van der Waals surface area contributed by atoms with Crippen molar-refractivity contribution in [3.8, 4) is 0 Å². The molecule has 2 aliphatic rings. The monoisotopic (exact) mass is 231 g/mol. The molecule has 3 atom stereocenters. The van der Waals surface area contributed by atoms with Crippen molar-refractivity contribution in [1.82, 2.24) is 4.90 Å². The van der Waals surface area contributed by atoms with Crippen LogP contribution in [-0.4, -0.2) is 42.5 Å². The summed E-state index contributed by atoms with van der Waals surface area (Å²) in [7, 11) is 0. The smallest absolute Gasteiger partial charge is 0.240 e. The molecule has 2 rings (SSSR count). The number of nitrogens with zero attached hydrogens (tertiary/aromatic N) is 1. The predicted molar refractivity (Wildman–Crippen MR) is 58.9 cm³/mol. The van der Waals surface area contributed by atoms with Crippen molar-refractivity contribution in [2.45, 2.75) is 25.1 Å². The van der Waals surface area contributed by atoms with Crippen molar-refractivity contribution in [1.29, 1.82) is 0 Å². The van der Waals surface area contributed by atoms with E-state index in [9.17, 15) is 4.79 Å². The van der Waals surface area contributed by atoms with Crippen molar-refractivity contribution in [2.24, 2.45) is 11.8 Å². The fourth-order valence-electron chi connectivity index (χ4n) is 2.43. The molecule has 0 aromatic carbocycles. The van der Waals surface area contributed by atoms with E-state index in [1.54, 1.807) is 0 Å². The van der Waals surface area contributed by atoms with Crippen LogP contribution in [0.2, 0.25) is 0 Å². The summed E-state index contributed by atoms with van der Waals surface area (Å²) >= 11 is 5.97. The zero-order valence-electron chi connectivity index (χ0n) is 9.12. The quantitative estimate of drug-likeness (QED) is 0.675. The van der Waals surface area contributed by atoms with Gasteiger partial charge in [0.05, 0.1) is 6.61 Å². The number of piperidine rings is 1. The fourth-order valence-corrected chi connectivity index (χ4v) is 2.57. The summed E-state index contributed by atoms with van der Waals surface area (Å²) < 4.78 is 5.44. The second-order valence-electron chi connectivity index (χ2n) is 4.51. The van der Waals surface area contributed by atoms with Gasteiger partial charge < -0.3 is 9.64 Å². The average molecular weight is 232 g/mol. The normalized spacial score (nSPS) is 32.5. The highest BCUT2D eigenvalue weighted by molar-refractivity contribution is 6.30. The van der Waals surface area contributed by atoms with Crippen LogP contribution in [0.25, 0.3) is 0 Å². The van der Waals surface area contributed by atoms with Gasteiger partial charge in [-0.3, -0.25) is 4.79 Å². The molecule has 0 unspecified atom stereocenters. The molecule has 86 valence electrons. The molecule has 0 aromatic heterocycles. The van der Waals surface area contributed by atoms with Gasteiger partial charge in [-0.1, -0.05) is 6.92 Å². The maximum absolute atomic E-state index is 11.9. The molecular formula is C11H18ClNO2. The van der Waals surface area contributed by atoms with Gasteiger partial charge in [-0.2, -0.15) is 0 Å². The van der Waals surface area contributed by atoms with Gasteiger partial charge in [0.2, 0.25) is 5.91 Å². The number of rotatable bonds is 2. The lowest BCUT2D eigenvalue weighted by molar-refractivity contribution is -0.133. The Hall–Kier alpha value is -0.280. The highest BCUT2D eigenvalue weighted by atomic mass is 35.5. The van der Waals surface area contributed by atoms with Gasteiger partial charge in [-0.15, -0.1) is 11.6 Å². The second-order valence-corrected chi connectivity index (χ2v) is 5.03. The number of likely N-dealkylation sites (tertiary alicyclic amines) is 1. The molecule has 15 heavy (non-hydrogen) atoms. The number of alkyl halides is 1. The van der Waals surface area contributed by atoms with Crippen LogP contribution in [0.15, 0.2) is 0 Å². The molecule has 0 N–H and O–H groups in total. The Kier molecular flexibility index (Phi) is 3.52. The minimum atomic E-state index is -0.344. The standard InChI is InChI=1S/C11H18ClNO2/c1-2-10(12)11(14)13-4-3-8-6-15-7-9(8)5-13/h8-10H,2-7H2,1H3/t8-,9-,10-/m0/s1. The first-order valence-corrected chi connectivity index (χ1v) is 6.16. The molecule has 0 spiro atoms. The molecule has 0 bridgehead atoms. The highest BCUT2D eigenvalue weighted by Crippen LogP contribution is 2.29. The summed E-state index contributed by atoms with van der Waals surface area (Å²) in [6, 6.07) is 0. The largest absolute Gasteiger partial charge is 0.381 e. The molecule has 0 radical (unpaired) electrons. The Labute approximate surface area is 95.7 Å². The third kappa shape index (κ3) is 2.28. The van der Waals surface area contributed by atoms with Crippen LogP contribution < -0.4 is 0 Å². The molecule has 2 aliphatic heterocycles. The number of carbonyl (C=O) groups is 1. The number of hydrogen-bond donors (Lipinski definition) is 0. The average Bonchev–Trinajstić information content (AvgIpc) is 2.73. The summed E-state index contributed by atoms with van der Waals surface area (Å²) in [6.07, 6.45) is 1.78. The molecule has 1 amide bonds. The van der Waals surface area contributed by atoms with E-state index in [2.05, 4.69) is 0 Å². The van der Waals surface area contributed by atoms with Gasteiger partial charge in [0.1, 0.15) is 5.38 Å². The van der Waals surface area contributed by atoms with Crippen molar-refractivity contribution in [3.05, 3.63) is 0 Å². The van der Waals surface area contributed by atoms with Crippen LogP contribution in [0.5, 0.6) is 0 Å². The van der Waals surface area contributed by atoms with Gasteiger partial charge in [-0.25, -0.2) is 0 Å². The number of hydrogen-bond acceptors (Lipinski definition) is 2. The Morgan fingerprint density at radius 2 is 2.27 bits per heavy atom. The van der Waals surface area contributed by atoms with Gasteiger partial charge >= 0.3 is 0 Å². The number of amides is 1. The van der Waals surface area contributed by atoms with E-state index in [1.165, 1.54) is 0 Å². The van der Waals surface area contributed by atoms with E-state index in [0.717, 1.165) is 32.7 Å². The third-order valence-electron chi connectivity index (χ3n) is 3.49. The molecule has 3 nitrogen and oxygen atoms in total. The predicted octanol–water partition coefficient (Wildman–Crippen LogP) is 1.50. The van der Waals surface area contributed by atoms with Crippen LogP contribution in [0.3, 0.4) is 0 Å². The Bertz CT molecular complexity index is 247. The van der Waals surface area contributed by atoms with Crippen LogP contribution in [0.4, 0.5) is 0 Å². The molecule has 0 saturated carbocycles. The van der Waals surface area contributed by atoms with Crippen molar-refractivity contribution < 1.29 is 9.53 Å². The summed E-state index contributed by atoms with van der Waals surface area (Å²) in [4.78, 5) is 13.8. The van der Waals surface area contributed by atoms with Gasteiger partial charge in [0.15, 0.2) is 0 Å². The SMILES string of the molecule is CC[C@H](Cl)C(=O)N1CC[C@H]2COC[C@@H]2C1. The van der Waals surface area contributed by atoms with Crippen molar-refractivity contribution in [2.75, 3.05) is 26.3 Å². The van der Waals surface area contributed by atoms with Crippen molar-refractivity contribution >= 4 is 17.5 Å². The fraction of sp³-hybridized carbons (Fsp3) is 0.909. The summed E-state index contributed by atoms with van der Waals surface area (Å²) in [5.74, 6) is 1.32. The van der Waals surface area contributed by atoms with E-state index in [4.69, 9.17) is 16.3 Å². The molecule has 0 aliphatic carbocycles. The molecule has 4 heteroatoms. The Morgan fingerprint density at radius 3 is 3.00 bits per heavy atom. The Balaban J connectivity index is 1.92. The van der Waals surface area contributed by atoms with Crippen molar-refractivity contribution in [3.63, 3.8) is 0 Å². The Morgan fingerprint density at radius 1 is 1.53 bits per heavy atom. The first-order chi connectivity index (χ1) is 7.22. The maximum Gasteiger partial charge on any atom is 0.240 e. The van der Waals surface area contributed by atoms with Crippen LogP contribution in [-0.2, 0) is 9.53 Å². The van der Waals surface area contributed by atoms with E-state index in [-0.39, 0.29) is 11.3 Å². The summed E-state index contributed by atoms with van der Waals surface area (Å²) in [6.45, 7) is 5.33. The first kappa shape index (κ1) is 11.2. The topological polar surface area (TPSA) is 29.5 Å². The van der Waals surface area contributed by atoms with Gasteiger partial charge in [0.25, 0.3) is 0 Å².